The predicted octanol–water partition coefficient (Wildman–Crippen LogP) is 15.1. The Balaban J connectivity index is 1.01. The molecule has 0 aliphatic rings. The molecule has 0 aliphatic heterocycles. The summed E-state index contributed by atoms with van der Waals surface area (Å²) in [6.45, 7) is 8.87. The lowest BCUT2D eigenvalue weighted by molar-refractivity contribution is 1.53. The molecule has 218 valence electrons. The lowest BCUT2D eigenvalue weighted by atomic mass is 10.2. The van der Waals surface area contributed by atoms with E-state index in [4.69, 9.17) is 0 Å². The van der Waals surface area contributed by atoms with Crippen molar-refractivity contribution in [2.24, 2.45) is 0 Å². The van der Waals surface area contributed by atoms with Gasteiger partial charge in [-0.3, -0.25) is 0 Å². The number of aryl methyl sites for hydroxylation is 4. The predicted molar refractivity (Wildman–Crippen MR) is 206 cm³/mol. The van der Waals surface area contributed by atoms with E-state index in [1.165, 1.54) is 90.5 Å². The molecule has 0 nitrogen and oxygen atoms in total. The molecule has 0 atom stereocenters. The lowest BCUT2D eigenvalue weighted by Crippen LogP contribution is -1.68. The zero-order valence-corrected chi connectivity index (χ0v) is 30.9. The van der Waals surface area contributed by atoms with E-state index < -0.39 is 0 Å². The fraction of sp³-hybridized carbons (Fsp3) is 0.111. The van der Waals surface area contributed by atoms with Gasteiger partial charge >= 0.3 is 0 Å². The summed E-state index contributed by atoms with van der Waals surface area (Å²) >= 11 is 15.2. The smallest absolute Gasteiger partial charge is 0.0478 e. The molecule has 0 spiro atoms. The first-order valence-electron chi connectivity index (χ1n) is 14.1. The molecule has 0 unspecified atom stereocenters. The maximum atomic E-state index is 2.36. The van der Waals surface area contributed by atoms with Gasteiger partial charge in [0.1, 0.15) is 0 Å². The van der Waals surface area contributed by atoms with E-state index in [1.54, 1.807) is 0 Å². The molecule has 0 radical (unpaired) electrons. The van der Waals surface area contributed by atoms with Crippen molar-refractivity contribution in [3.63, 3.8) is 0 Å². The standard InChI is InChI=1S/C36H26S8/c1-19-15-32(38-18-19)36-21(3)16-31(43-36)29-10-9-26(41-29)25-6-5-23(39-25)24-7-8-27(40-24)28-11-12-30(42-28)35-22(4)17-33(44-35)34-20(2)13-14-37-34/h5-18H,1-4H3. The van der Waals surface area contributed by atoms with Crippen LogP contribution < -0.4 is 0 Å². The van der Waals surface area contributed by atoms with Crippen LogP contribution in [-0.4, -0.2) is 0 Å². The summed E-state index contributed by atoms with van der Waals surface area (Å²) in [6.07, 6.45) is 0. The second kappa shape index (κ2) is 11.8. The number of hydrogen-bond acceptors (Lipinski definition) is 8. The van der Waals surface area contributed by atoms with Crippen LogP contribution in [0.3, 0.4) is 0 Å². The van der Waals surface area contributed by atoms with Crippen molar-refractivity contribution in [1.82, 2.24) is 0 Å². The highest BCUT2D eigenvalue weighted by molar-refractivity contribution is 7.31. The van der Waals surface area contributed by atoms with Crippen LogP contribution in [0.25, 0.3) is 68.3 Å². The van der Waals surface area contributed by atoms with Gasteiger partial charge in [-0.2, -0.15) is 0 Å². The molecule has 0 saturated heterocycles. The molecule has 0 amide bonds. The summed E-state index contributed by atoms with van der Waals surface area (Å²) in [5.74, 6) is 0. The Hall–Kier alpha value is -2.40. The maximum absolute atomic E-state index is 2.36. The van der Waals surface area contributed by atoms with E-state index >= 15 is 0 Å². The van der Waals surface area contributed by atoms with Crippen molar-refractivity contribution < 1.29 is 0 Å². The summed E-state index contributed by atoms with van der Waals surface area (Å²) in [4.78, 5) is 19.1. The molecule has 8 heterocycles. The van der Waals surface area contributed by atoms with E-state index in [9.17, 15) is 0 Å². The highest BCUT2D eigenvalue weighted by atomic mass is 32.1. The van der Waals surface area contributed by atoms with Gasteiger partial charge in [0.25, 0.3) is 0 Å². The van der Waals surface area contributed by atoms with Gasteiger partial charge in [-0.15, -0.1) is 90.7 Å². The van der Waals surface area contributed by atoms with Crippen molar-refractivity contribution in [3.05, 3.63) is 106 Å². The molecule has 8 aromatic rings. The van der Waals surface area contributed by atoms with Crippen molar-refractivity contribution in [2.45, 2.75) is 27.7 Å². The van der Waals surface area contributed by atoms with Crippen LogP contribution in [0.15, 0.2) is 83.6 Å². The highest BCUT2D eigenvalue weighted by Crippen LogP contribution is 2.48. The van der Waals surface area contributed by atoms with E-state index in [2.05, 4.69) is 111 Å². The molecule has 8 aromatic heterocycles. The first-order chi connectivity index (χ1) is 21.4. The van der Waals surface area contributed by atoms with Gasteiger partial charge in [0, 0.05) is 68.3 Å². The second-order valence-electron chi connectivity index (χ2n) is 10.8. The van der Waals surface area contributed by atoms with Crippen LogP contribution in [0.1, 0.15) is 22.3 Å². The monoisotopic (exact) mass is 714 g/mol. The third-order valence-corrected chi connectivity index (χ3v) is 17.7. The molecule has 0 bridgehead atoms. The van der Waals surface area contributed by atoms with Gasteiger partial charge in [0.05, 0.1) is 0 Å². The highest BCUT2D eigenvalue weighted by Gasteiger charge is 2.17. The van der Waals surface area contributed by atoms with Crippen LogP contribution in [0.5, 0.6) is 0 Å². The van der Waals surface area contributed by atoms with Crippen LogP contribution in [-0.2, 0) is 0 Å². The minimum Gasteiger partial charge on any atom is -0.143 e. The zero-order valence-electron chi connectivity index (χ0n) is 24.3. The molecule has 0 fully saturated rings. The second-order valence-corrected chi connectivity index (χ2v) is 19.1. The number of rotatable bonds is 7. The van der Waals surface area contributed by atoms with Crippen molar-refractivity contribution >= 4 is 90.7 Å². The fourth-order valence-electron chi connectivity index (χ4n) is 5.26. The summed E-state index contributed by atoms with van der Waals surface area (Å²) in [5, 5.41) is 4.44. The normalized spacial score (nSPS) is 11.6. The van der Waals surface area contributed by atoms with Crippen molar-refractivity contribution in [1.29, 1.82) is 0 Å². The van der Waals surface area contributed by atoms with E-state index in [1.807, 2.05) is 90.7 Å². The maximum Gasteiger partial charge on any atom is 0.0478 e. The van der Waals surface area contributed by atoms with Gasteiger partial charge in [0.2, 0.25) is 0 Å². The molecule has 8 rings (SSSR count). The number of thiophene rings is 8. The van der Waals surface area contributed by atoms with Gasteiger partial charge in [-0.1, -0.05) is 0 Å². The van der Waals surface area contributed by atoms with Crippen molar-refractivity contribution in [3.8, 4) is 68.3 Å². The summed E-state index contributed by atoms with van der Waals surface area (Å²) in [7, 11) is 0. The van der Waals surface area contributed by atoms with Gasteiger partial charge < -0.3 is 0 Å². The summed E-state index contributed by atoms with van der Waals surface area (Å²) < 4.78 is 0. The average molecular weight is 715 g/mol. The third kappa shape index (κ3) is 5.39. The molecule has 8 heteroatoms. The first kappa shape index (κ1) is 29.0. The molecule has 0 saturated carbocycles. The molecule has 44 heavy (non-hydrogen) atoms. The summed E-state index contributed by atoms with van der Waals surface area (Å²) in [6, 6.07) is 27.6. The topological polar surface area (TPSA) is 0 Å². The van der Waals surface area contributed by atoms with E-state index in [-0.39, 0.29) is 0 Å². The fourth-order valence-corrected chi connectivity index (χ4v) is 14.4. The van der Waals surface area contributed by atoms with Crippen LogP contribution in [0, 0.1) is 27.7 Å². The molecular formula is C36H26S8. The first-order valence-corrected chi connectivity index (χ1v) is 20.8. The van der Waals surface area contributed by atoms with E-state index in [0.717, 1.165) is 0 Å². The quantitative estimate of drug-likeness (QED) is 0.154. The Kier molecular flexibility index (Phi) is 7.75. The van der Waals surface area contributed by atoms with Gasteiger partial charge in [0.15, 0.2) is 0 Å². The Morgan fingerprint density at radius 1 is 0.341 bits per heavy atom. The zero-order chi connectivity index (χ0) is 29.9. The van der Waals surface area contributed by atoms with Gasteiger partial charge in [-0.25, -0.2) is 0 Å². The van der Waals surface area contributed by atoms with Crippen molar-refractivity contribution in [2.75, 3.05) is 0 Å². The molecule has 0 aliphatic carbocycles. The van der Waals surface area contributed by atoms with Crippen LogP contribution in [0.2, 0.25) is 0 Å². The van der Waals surface area contributed by atoms with Crippen LogP contribution in [0.4, 0.5) is 0 Å². The molecule has 0 N–H and O–H groups in total. The number of hydrogen-bond donors (Lipinski definition) is 0. The minimum atomic E-state index is 1.34. The lowest BCUT2D eigenvalue weighted by Gasteiger charge is -1.95. The Morgan fingerprint density at radius 3 is 1.30 bits per heavy atom. The summed E-state index contributed by atoms with van der Waals surface area (Å²) in [5.41, 5.74) is 5.45. The third-order valence-electron chi connectivity index (χ3n) is 7.49. The Labute approximate surface area is 289 Å². The Bertz CT molecular complexity index is 2240. The SMILES string of the molecule is Cc1csc(-c2sc(-c3ccc(-c4ccc(-c5ccc(-c6ccc(-c7sc(-c8sccc8C)cc7C)s6)s5)s4)s3)cc2C)c1. The van der Waals surface area contributed by atoms with E-state index in [0.29, 0.717) is 0 Å². The molecule has 0 aromatic carbocycles. The van der Waals surface area contributed by atoms with Crippen LogP contribution >= 0.6 is 90.7 Å². The Morgan fingerprint density at radius 2 is 0.795 bits per heavy atom. The minimum absolute atomic E-state index is 1.34. The molecular weight excluding hydrogens is 689 g/mol. The average Bonchev–Trinajstić information content (AvgIpc) is 3.84. The largest absolute Gasteiger partial charge is 0.143 e. The van der Waals surface area contributed by atoms with Gasteiger partial charge in [-0.05, 0) is 134 Å².